The monoisotopic (exact) mass is 381 g/mol. The van der Waals surface area contributed by atoms with Crippen LogP contribution in [-0.2, 0) is 25.0 Å². The van der Waals surface area contributed by atoms with Gasteiger partial charge in [0.1, 0.15) is 6.61 Å². The molecule has 9 nitrogen and oxygen atoms in total. The molecule has 1 rings (SSSR count). The van der Waals surface area contributed by atoms with Gasteiger partial charge in [0.05, 0.1) is 6.61 Å². The Morgan fingerprint density at radius 1 is 1.08 bits per heavy atom. The Hall–Kier alpha value is -1.21. The van der Waals surface area contributed by atoms with E-state index in [0.29, 0.717) is 12.8 Å². The molecule has 136 valence electrons. The number of rotatable bonds is 10. The summed E-state index contributed by atoms with van der Waals surface area (Å²) in [6.45, 7) is 0.297. The van der Waals surface area contributed by atoms with Gasteiger partial charge >= 0.3 is 21.3 Å². The SMILES string of the molecule is O=C(NCCCCOP(=O)(O)CP(=O)(O)O)OCc1ccccc1. The maximum atomic E-state index is 11.4. The van der Waals surface area contributed by atoms with E-state index in [1.807, 2.05) is 30.3 Å². The quantitative estimate of drug-likeness (QED) is 0.356. The Kier molecular flexibility index (Phi) is 8.62. The number of nitrogens with one attached hydrogen (secondary N) is 1. The number of amides is 1. The molecule has 1 amide bonds. The summed E-state index contributed by atoms with van der Waals surface area (Å²) >= 11 is 0. The normalized spacial score (nSPS) is 14.0. The highest BCUT2D eigenvalue weighted by Gasteiger charge is 2.30. The average molecular weight is 381 g/mol. The van der Waals surface area contributed by atoms with Crippen molar-refractivity contribution in [2.24, 2.45) is 0 Å². The van der Waals surface area contributed by atoms with Crippen molar-refractivity contribution in [2.75, 3.05) is 19.1 Å². The molecule has 1 aromatic carbocycles. The maximum absolute atomic E-state index is 11.4. The van der Waals surface area contributed by atoms with E-state index in [1.54, 1.807) is 0 Å². The molecular formula is C13H21NO8P2. The Balaban J connectivity index is 2.08. The summed E-state index contributed by atoms with van der Waals surface area (Å²) in [5, 5.41) is 2.52. The molecule has 0 radical (unpaired) electrons. The summed E-state index contributed by atoms with van der Waals surface area (Å²) in [4.78, 5) is 37.9. The minimum atomic E-state index is -4.61. The van der Waals surface area contributed by atoms with E-state index >= 15 is 0 Å². The molecule has 1 unspecified atom stereocenters. The van der Waals surface area contributed by atoms with Gasteiger partial charge in [0.15, 0.2) is 5.90 Å². The predicted octanol–water partition coefficient (Wildman–Crippen LogP) is 2.03. The largest absolute Gasteiger partial charge is 0.445 e. The van der Waals surface area contributed by atoms with Crippen LogP contribution in [0.4, 0.5) is 4.79 Å². The summed E-state index contributed by atoms with van der Waals surface area (Å²) in [5.41, 5.74) is 0.866. The maximum Gasteiger partial charge on any atom is 0.407 e. The van der Waals surface area contributed by atoms with E-state index in [0.717, 1.165) is 5.56 Å². The predicted molar refractivity (Wildman–Crippen MR) is 86.6 cm³/mol. The summed E-state index contributed by atoms with van der Waals surface area (Å²) in [5.74, 6) is -1.20. The van der Waals surface area contributed by atoms with Crippen molar-refractivity contribution in [1.82, 2.24) is 5.32 Å². The van der Waals surface area contributed by atoms with Crippen LogP contribution in [0.5, 0.6) is 0 Å². The van der Waals surface area contributed by atoms with Crippen molar-refractivity contribution < 1.29 is 37.9 Å². The molecule has 0 saturated carbocycles. The van der Waals surface area contributed by atoms with E-state index in [9.17, 15) is 18.8 Å². The Labute approximate surface area is 139 Å². The lowest BCUT2D eigenvalue weighted by Gasteiger charge is -2.12. The number of unbranched alkanes of at least 4 members (excludes halogenated alkanes) is 1. The summed E-state index contributed by atoms with van der Waals surface area (Å²) in [7, 11) is -8.91. The molecule has 24 heavy (non-hydrogen) atoms. The molecule has 4 N–H and O–H groups in total. The summed E-state index contributed by atoms with van der Waals surface area (Å²) in [6, 6.07) is 9.19. The third-order valence-corrected chi connectivity index (χ3v) is 6.20. The van der Waals surface area contributed by atoms with Crippen molar-refractivity contribution in [3.8, 4) is 0 Å². The lowest BCUT2D eigenvalue weighted by Crippen LogP contribution is -2.25. The van der Waals surface area contributed by atoms with Gasteiger partial charge in [-0.15, -0.1) is 0 Å². The van der Waals surface area contributed by atoms with Gasteiger partial charge in [-0.25, -0.2) is 4.79 Å². The molecule has 0 saturated heterocycles. The Morgan fingerprint density at radius 2 is 1.75 bits per heavy atom. The summed E-state index contributed by atoms with van der Waals surface area (Å²) < 4.78 is 31.6. The molecule has 0 aliphatic rings. The third kappa shape index (κ3) is 10.5. The first-order valence-electron chi connectivity index (χ1n) is 7.13. The van der Waals surface area contributed by atoms with Gasteiger partial charge in [0.25, 0.3) is 0 Å². The molecule has 0 aromatic heterocycles. The highest BCUT2D eigenvalue weighted by Crippen LogP contribution is 2.55. The lowest BCUT2D eigenvalue weighted by atomic mass is 10.2. The van der Waals surface area contributed by atoms with Gasteiger partial charge in [-0.05, 0) is 18.4 Å². The van der Waals surface area contributed by atoms with Gasteiger partial charge in [-0.2, -0.15) is 0 Å². The van der Waals surface area contributed by atoms with E-state index in [2.05, 4.69) is 9.84 Å². The minimum Gasteiger partial charge on any atom is -0.445 e. The van der Waals surface area contributed by atoms with Gasteiger partial charge in [-0.1, -0.05) is 30.3 Å². The number of alkyl carbamates (subject to hydrolysis) is 1. The number of carbonyl (C=O) groups excluding carboxylic acids is 1. The molecule has 0 heterocycles. The standard InChI is InChI=1S/C13H21NO8P2/c15-13(21-10-12-6-2-1-3-7-12)14-8-4-5-9-22-24(19,20)11-23(16,17)18/h1-3,6-7H,4-5,8-11H2,(H,14,15)(H,19,20)(H2,16,17,18). The lowest BCUT2D eigenvalue weighted by molar-refractivity contribution is 0.139. The van der Waals surface area contributed by atoms with Gasteiger partial charge in [0.2, 0.25) is 0 Å². The topological polar surface area (TPSA) is 142 Å². The molecule has 11 heteroatoms. The minimum absolute atomic E-state index is 0.144. The van der Waals surface area contributed by atoms with Crippen LogP contribution in [0.1, 0.15) is 18.4 Å². The van der Waals surface area contributed by atoms with Gasteiger partial charge in [0, 0.05) is 6.54 Å². The fourth-order valence-electron chi connectivity index (χ4n) is 1.67. The molecular weight excluding hydrogens is 360 g/mol. The van der Waals surface area contributed by atoms with E-state index in [4.69, 9.17) is 14.5 Å². The van der Waals surface area contributed by atoms with Crippen molar-refractivity contribution in [1.29, 1.82) is 0 Å². The second kappa shape index (κ2) is 9.93. The third-order valence-electron chi connectivity index (χ3n) is 2.71. The van der Waals surface area contributed by atoms with E-state index in [1.165, 1.54) is 0 Å². The number of benzene rings is 1. The van der Waals surface area contributed by atoms with Crippen molar-refractivity contribution in [3.63, 3.8) is 0 Å². The second-order valence-electron chi connectivity index (χ2n) is 4.97. The fourth-order valence-corrected chi connectivity index (χ4v) is 4.28. The zero-order chi connectivity index (χ0) is 18.1. The molecule has 1 aromatic rings. The van der Waals surface area contributed by atoms with Crippen molar-refractivity contribution in [3.05, 3.63) is 35.9 Å². The number of hydrogen-bond donors (Lipinski definition) is 4. The zero-order valence-corrected chi connectivity index (χ0v) is 14.7. The number of hydrogen-bond acceptors (Lipinski definition) is 5. The highest BCUT2D eigenvalue weighted by atomic mass is 31.2. The van der Waals surface area contributed by atoms with Crippen LogP contribution in [0.15, 0.2) is 30.3 Å². The average Bonchev–Trinajstić information content (AvgIpc) is 2.47. The van der Waals surface area contributed by atoms with Crippen molar-refractivity contribution in [2.45, 2.75) is 19.4 Å². The van der Waals surface area contributed by atoms with Crippen LogP contribution in [0.3, 0.4) is 0 Å². The van der Waals surface area contributed by atoms with Crippen LogP contribution in [0.2, 0.25) is 0 Å². The van der Waals surface area contributed by atoms with Crippen LogP contribution in [0, 0.1) is 0 Å². The smallest absolute Gasteiger partial charge is 0.407 e. The van der Waals surface area contributed by atoms with Gasteiger partial charge < -0.3 is 29.3 Å². The first-order chi connectivity index (χ1) is 11.2. The Bertz CT molecular complexity index is 603. The van der Waals surface area contributed by atoms with Crippen molar-refractivity contribution >= 4 is 21.3 Å². The Morgan fingerprint density at radius 3 is 2.38 bits per heavy atom. The van der Waals surface area contributed by atoms with Gasteiger partial charge in [-0.3, -0.25) is 9.13 Å². The first kappa shape index (κ1) is 20.8. The molecule has 0 spiro atoms. The number of carbonyl (C=O) groups is 1. The van der Waals surface area contributed by atoms with Crippen LogP contribution < -0.4 is 5.32 Å². The first-order valence-corrected chi connectivity index (χ1v) is 10.7. The summed E-state index contributed by atoms with van der Waals surface area (Å²) in [6.07, 6.45) is 0.218. The van der Waals surface area contributed by atoms with E-state index in [-0.39, 0.29) is 19.8 Å². The van der Waals surface area contributed by atoms with Crippen LogP contribution >= 0.6 is 15.2 Å². The molecule has 0 fully saturated rings. The fraction of sp³-hybridized carbons (Fsp3) is 0.462. The van der Waals surface area contributed by atoms with E-state index < -0.39 is 27.2 Å². The second-order valence-corrected chi connectivity index (χ2v) is 8.97. The van der Waals surface area contributed by atoms with Crippen LogP contribution in [-0.4, -0.2) is 39.8 Å². The molecule has 0 aliphatic heterocycles. The zero-order valence-electron chi connectivity index (χ0n) is 12.9. The molecule has 0 bridgehead atoms. The highest BCUT2D eigenvalue weighted by molar-refractivity contribution is 7.70. The molecule has 0 aliphatic carbocycles. The molecule has 1 atom stereocenters. The number of ether oxygens (including phenoxy) is 1. The van der Waals surface area contributed by atoms with Crippen LogP contribution in [0.25, 0.3) is 0 Å².